The van der Waals surface area contributed by atoms with E-state index in [0.717, 1.165) is 22.4 Å². The average molecular weight is 543 g/mol. The van der Waals surface area contributed by atoms with E-state index >= 15 is 0 Å². The van der Waals surface area contributed by atoms with Crippen LogP contribution in [0.5, 0.6) is 5.75 Å². The Labute approximate surface area is 223 Å². The minimum absolute atomic E-state index is 0.287. The van der Waals surface area contributed by atoms with Crippen molar-refractivity contribution in [2.24, 2.45) is 0 Å². The van der Waals surface area contributed by atoms with Crippen molar-refractivity contribution in [1.29, 1.82) is 0 Å². The first kappa shape index (κ1) is 26.0. The van der Waals surface area contributed by atoms with Gasteiger partial charge in [-0.3, -0.25) is 14.7 Å². The van der Waals surface area contributed by atoms with Crippen LogP contribution >= 0.6 is 35.0 Å². The van der Waals surface area contributed by atoms with Crippen LogP contribution in [0.4, 0.5) is 0 Å². The van der Waals surface area contributed by atoms with Gasteiger partial charge >= 0.3 is 0 Å². The molecule has 1 heterocycles. The van der Waals surface area contributed by atoms with Crippen LogP contribution in [0.2, 0.25) is 10.0 Å². The van der Waals surface area contributed by atoms with Crippen molar-refractivity contribution in [3.8, 4) is 11.4 Å². The first-order valence-electron chi connectivity index (χ1n) is 11.2. The van der Waals surface area contributed by atoms with Gasteiger partial charge in [0.15, 0.2) is 10.9 Å². The molecular weight excluding hydrogens is 519 g/mol. The van der Waals surface area contributed by atoms with Crippen molar-refractivity contribution in [2.75, 3.05) is 6.54 Å². The third-order valence-corrected chi connectivity index (χ3v) is 7.29. The molecule has 1 atom stereocenters. The SMILES string of the molecule is Cc1ccc(COc2c(Cl)cc([C@H](C[N+](=O)[O-])Sc3nnc(C)n3-c3ccc(C)cc3)cc2Cl)cc1. The highest BCUT2D eigenvalue weighted by molar-refractivity contribution is 7.99. The number of ether oxygens (including phenoxy) is 1. The Morgan fingerprint density at radius 3 is 2.14 bits per heavy atom. The second-order valence-corrected chi connectivity index (χ2v) is 10.4. The summed E-state index contributed by atoms with van der Waals surface area (Å²) >= 11 is 14.3. The minimum atomic E-state index is -0.603. The molecule has 3 aromatic carbocycles. The van der Waals surface area contributed by atoms with Crippen LogP contribution in [0.25, 0.3) is 5.69 Å². The molecule has 36 heavy (non-hydrogen) atoms. The molecule has 4 rings (SSSR count). The Hall–Kier alpha value is -3.07. The first-order valence-corrected chi connectivity index (χ1v) is 12.8. The monoisotopic (exact) mass is 542 g/mol. The summed E-state index contributed by atoms with van der Waals surface area (Å²) in [5, 5.41) is 20.5. The lowest BCUT2D eigenvalue weighted by molar-refractivity contribution is -0.479. The fourth-order valence-electron chi connectivity index (χ4n) is 3.63. The van der Waals surface area contributed by atoms with Gasteiger partial charge in [0.1, 0.15) is 17.7 Å². The van der Waals surface area contributed by atoms with Gasteiger partial charge in [0.05, 0.1) is 10.0 Å². The zero-order chi connectivity index (χ0) is 25.8. The van der Waals surface area contributed by atoms with Gasteiger partial charge in [0.2, 0.25) is 6.54 Å². The van der Waals surface area contributed by atoms with Crippen molar-refractivity contribution in [3.05, 3.63) is 109 Å². The van der Waals surface area contributed by atoms with Crippen molar-refractivity contribution >= 4 is 35.0 Å². The Kier molecular flexibility index (Phi) is 8.18. The normalized spacial score (nSPS) is 11.9. The number of nitro groups is 1. The molecule has 186 valence electrons. The Balaban J connectivity index is 1.61. The van der Waals surface area contributed by atoms with Crippen molar-refractivity contribution in [2.45, 2.75) is 37.8 Å². The van der Waals surface area contributed by atoms with Crippen LogP contribution in [0.15, 0.2) is 65.8 Å². The predicted octanol–water partition coefficient (Wildman–Crippen LogP) is 7.19. The van der Waals surface area contributed by atoms with Gasteiger partial charge in [-0.15, -0.1) is 10.2 Å². The Bertz CT molecular complexity index is 1350. The number of thioether (sulfide) groups is 1. The molecule has 0 spiro atoms. The summed E-state index contributed by atoms with van der Waals surface area (Å²) in [7, 11) is 0. The van der Waals surface area contributed by atoms with Crippen LogP contribution in [-0.2, 0) is 6.61 Å². The van der Waals surface area contributed by atoms with E-state index in [2.05, 4.69) is 10.2 Å². The Morgan fingerprint density at radius 1 is 0.972 bits per heavy atom. The molecule has 0 aliphatic rings. The molecule has 10 heteroatoms. The predicted molar refractivity (Wildman–Crippen MR) is 143 cm³/mol. The second-order valence-electron chi connectivity index (χ2n) is 8.41. The molecule has 0 aliphatic heterocycles. The summed E-state index contributed by atoms with van der Waals surface area (Å²) < 4.78 is 7.76. The second kappa shape index (κ2) is 11.3. The van der Waals surface area contributed by atoms with Crippen LogP contribution in [0.3, 0.4) is 0 Å². The molecule has 0 fully saturated rings. The molecule has 0 saturated carbocycles. The van der Waals surface area contributed by atoms with E-state index in [4.69, 9.17) is 27.9 Å². The maximum absolute atomic E-state index is 11.5. The van der Waals surface area contributed by atoms with Gasteiger partial charge in [-0.25, -0.2) is 0 Å². The zero-order valence-electron chi connectivity index (χ0n) is 19.9. The molecule has 7 nitrogen and oxygen atoms in total. The quantitative estimate of drug-likeness (QED) is 0.126. The summed E-state index contributed by atoms with van der Waals surface area (Å²) in [6.45, 7) is 5.81. The molecule has 1 aromatic heterocycles. The highest BCUT2D eigenvalue weighted by Crippen LogP contribution is 2.42. The number of nitrogens with zero attached hydrogens (tertiary/aromatic N) is 4. The molecule has 0 radical (unpaired) electrons. The van der Waals surface area contributed by atoms with Crippen LogP contribution in [-0.4, -0.2) is 26.2 Å². The van der Waals surface area contributed by atoms with E-state index < -0.39 is 5.25 Å². The third-order valence-electron chi connectivity index (χ3n) is 5.55. The van der Waals surface area contributed by atoms with Gasteiger partial charge in [0, 0.05) is 10.6 Å². The van der Waals surface area contributed by atoms with E-state index in [0.29, 0.717) is 28.9 Å². The van der Waals surface area contributed by atoms with Gasteiger partial charge in [-0.05, 0) is 56.2 Å². The molecule has 0 N–H and O–H groups in total. The van der Waals surface area contributed by atoms with Crippen LogP contribution in [0.1, 0.15) is 33.3 Å². The van der Waals surface area contributed by atoms with Gasteiger partial charge in [-0.1, -0.05) is 82.5 Å². The molecule has 0 saturated heterocycles. The van der Waals surface area contributed by atoms with E-state index in [1.54, 1.807) is 12.1 Å². The highest BCUT2D eigenvalue weighted by Gasteiger charge is 2.26. The fourth-order valence-corrected chi connectivity index (χ4v) is 5.39. The maximum Gasteiger partial charge on any atom is 0.220 e. The van der Waals surface area contributed by atoms with E-state index in [-0.39, 0.29) is 21.5 Å². The minimum Gasteiger partial charge on any atom is -0.486 e. The number of halogens is 2. The molecule has 0 unspecified atom stereocenters. The first-order chi connectivity index (χ1) is 17.2. The average Bonchev–Trinajstić information content (AvgIpc) is 3.19. The van der Waals surface area contributed by atoms with Crippen LogP contribution in [0, 0.1) is 30.9 Å². The van der Waals surface area contributed by atoms with E-state index in [9.17, 15) is 10.1 Å². The number of rotatable bonds is 9. The summed E-state index contributed by atoms with van der Waals surface area (Å²) in [5.41, 5.74) is 4.73. The molecular formula is C26H24Cl2N4O3S. The summed E-state index contributed by atoms with van der Waals surface area (Å²) in [4.78, 5) is 11.2. The van der Waals surface area contributed by atoms with E-state index in [1.165, 1.54) is 11.8 Å². The lowest BCUT2D eigenvalue weighted by Gasteiger charge is -2.17. The maximum atomic E-state index is 11.5. The molecule has 4 aromatic rings. The number of hydrogen-bond donors (Lipinski definition) is 0. The number of hydrogen-bond acceptors (Lipinski definition) is 6. The largest absolute Gasteiger partial charge is 0.486 e. The van der Waals surface area contributed by atoms with Crippen molar-refractivity contribution in [1.82, 2.24) is 14.8 Å². The summed E-state index contributed by atoms with van der Waals surface area (Å²) in [6.07, 6.45) is 0. The van der Waals surface area contributed by atoms with Crippen molar-refractivity contribution < 1.29 is 9.66 Å². The topological polar surface area (TPSA) is 83.1 Å². The van der Waals surface area contributed by atoms with Crippen molar-refractivity contribution in [3.63, 3.8) is 0 Å². The van der Waals surface area contributed by atoms with Crippen LogP contribution < -0.4 is 4.74 Å². The Morgan fingerprint density at radius 2 is 1.56 bits per heavy atom. The van der Waals surface area contributed by atoms with Gasteiger partial charge in [0.25, 0.3) is 0 Å². The zero-order valence-corrected chi connectivity index (χ0v) is 22.3. The number of benzene rings is 3. The van der Waals surface area contributed by atoms with E-state index in [1.807, 2.05) is 73.9 Å². The summed E-state index contributed by atoms with van der Waals surface area (Å²) in [5.74, 6) is 1.02. The lowest BCUT2D eigenvalue weighted by atomic mass is 10.1. The molecule has 0 amide bonds. The van der Waals surface area contributed by atoms with Gasteiger partial charge in [-0.2, -0.15) is 0 Å². The summed E-state index contributed by atoms with van der Waals surface area (Å²) in [6, 6.07) is 19.2. The standard InChI is InChI=1S/C26H24Cl2N4O3S/c1-16-4-8-19(9-5-16)15-35-25-22(27)12-20(13-23(25)28)24(14-31(33)34)36-26-30-29-18(3)32(26)21-10-6-17(2)7-11-21/h4-13,24H,14-15H2,1-3H3/t24-/m0/s1. The third kappa shape index (κ3) is 6.19. The molecule has 0 bridgehead atoms. The fraction of sp³-hybridized carbons (Fsp3) is 0.231. The van der Waals surface area contributed by atoms with Gasteiger partial charge < -0.3 is 4.74 Å². The number of aromatic nitrogens is 3. The lowest BCUT2D eigenvalue weighted by Crippen LogP contribution is -2.11. The smallest absolute Gasteiger partial charge is 0.220 e. The highest BCUT2D eigenvalue weighted by atomic mass is 35.5. The number of aryl methyl sites for hydroxylation is 3. The molecule has 0 aliphatic carbocycles.